The van der Waals surface area contributed by atoms with Crippen LogP contribution in [0.1, 0.15) is 30.1 Å². The molecule has 1 N–H and O–H groups in total. The third kappa shape index (κ3) is 3.88. The zero-order chi connectivity index (χ0) is 13.5. The molecule has 2 atom stereocenters. The molecule has 1 aromatic heterocycles. The van der Waals surface area contributed by atoms with Crippen LogP contribution in [0.5, 0.6) is 0 Å². The van der Waals surface area contributed by atoms with Crippen LogP contribution in [0.2, 0.25) is 0 Å². The summed E-state index contributed by atoms with van der Waals surface area (Å²) in [7, 11) is 1.73. The van der Waals surface area contributed by atoms with Gasteiger partial charge in [0.2, 0.25) is 0 Å². The lowest BCUT2D eigenvalue weighted by Crippen LogP contribution is -2.28. The van der Waals surface area contributed by atoms with Crippen molar-refractivity contribution in [2.45, 2.75) is 19.0 Å². The maximum Gasteiger partial charge on any atom is 0.0657 e. The summed E-state index contributed by atoms with van der Waals surface area (Å²) in [4.78, 5) is 4.05. The number of ether oxygens (including phenoxy) is 1. The molecule has 1 unspecified atom stereocenters. The number of nitrogens with one attached hydrogen (secondary N) is 1. The lowest BCUT2D eigenvalue weighted by molar-refractivity contribution is 0.162. The number of nitrogens with zero attached hydrogens (tertiary/aromatic N) is 1. The Morgan fingerprint density at radius 3 is 2.37 bits per heavy atom. The van der Waals surface area contributed by atoms with E-state index in [4.69, 9.17) is 4.74 Å². The smallest absolute Gasteiger partial charge is 0.0657 e. The summed E-state index contributed by atoms with van der Waals surface area (Å²) in [6.07, 6.45) is 3.64. The van der Waals surface area contributed by atoms with Crippen molar-refractivity contribution in [3.8, 4) is 0 Å². The zero-order valence-electron chi connectivity index (χ0n) is 11.4. The second-order valence-electron chi connectivity index (χ2n) is 4.59. The summed E-state index contributed by atoms with van der Waals surface area (Å²) in [5.41, 5.74) is 2.47. The quantitative estimate of drug-likeness (QED) is 0.862. The molecular weight excluding hydrogens is 236 g/mol. The van der Waals surface area contributed by atoms with Gasteiger partial charge in [-0.2, -0.15) is 0 Å². The van der Waals surface area contributed by atoms with Gasteiger partial charge in [0.1, 0.15) is 0 Å². The molecule has 100 valence electrons. The fourth-order valence-electron chi connectivity index (χ4n) is 2.14. The summed E-state index contributed by atoms with van der Waals surface area (Å²) in [6.45, 7) is 2.81. The van der Waals surface area contributed by atoms with Crippen LogP contribution < -0.4 is 5.32 Å². The average Bonchev–Trinajstić information content (AvgIpc) is 2.48. The molecule has 0 aliphatic carbocycles. The summed E-state index contributed by atoms with van der Waals surface area (Å²) in [5.74, 6) is 0. The van der Waals surface area contributed by atoms with Crippen molar-refractivity contribution < 1.29 is 4.74 Å². The zero-order valence-corrected chi connectivity index (χ0v) is 11.4. The van der Waals surface area contributed by atoms with Gasteiger partial charge in [-0.25, -0.2) is 0 Å². The van der Waals surface area contributed by atoms with E-state index in [-0.39, 0.29) is 12.1 Å². The van der Waals surface area contributed by atoms with E-state index in [0.717, 1.165) is 0 Å². The van der Waals surface area contributed by atoms with Gasteiger partial charge < -0.3 is 10.1 Å². The summed E-state index contributed by atoms with van der Waals surface area (Å²) < 4.78 is 5.32. The molecule has 0 aliphatic heterocycles. The van der Waals surface area contributed by atoms with Crippen molar-refractivity contribution in [1.29, 1.82) is 0 Å². The fourth-order valence-corrected chi connectivity index (χ4v) is 2.14. The van der Waals surface area contributed by atoms with E-state index in [2.05, 4.69) is 41.5 Å². The molecule has 0 saturated carbocycles. The van der Waals surface area contributed by atoms with Crippen molar-refractivity contribution in [3.05, 3.63) is 66.0 Å². The number of methoxy groups -OCH3 is 1. The molecular formula is C16H20N2O. The lowest BCUT2D eigenvalue weighted by Gasteiger charge is -2.23. The van der Waals surface area contributed by atoms with Gasteiger partial charge in [-0.1, -0.05) is 30.3 Å². The Hall–Kier alpha value is -1.71. The van der Waals surface area contributed by atoms with Crippen LogP contribution in [0.25, 0.3) is 0 Å². The van der Waals surface area contributed by atoms with Crippen molar-refractivity contribution in [3.63, 3.8) is 0 Å². The van der Waals surface area contributed by atoms with Crippen molar-refractivity contribution in [2.75, 3.05) is 13.7 Å². The Labute approximate surface area is 114 Å². The topological polar surface area (TPSA) is 34.1 Å². The monoisotopic (exact) mass is 256 g/mol. The largest absolute Gasteiger partial charge is 0.383 e. The number of hydrogen-bond donors (Lipinski definition) is 1. The Bertz CT molecular complexity index is 473. The summed E-state index contributed by atoms with van der Waals surface area (Å²) in [6, 6.07) is 14.9. The van der Waals surface area contributed by atoms with Crippen LogP contribution in [0, 0.1) is 0 Å². The molecule has 2 aromatic rings. The van der Waals surface area contributed by atoms with Crippen LogP contribution in [0.3, 0.4) is 0 Å². The second kappa shape index (κ2) is 7.02. The molecule has 3 nitrogen and oxygen atoms in total. The molecule has 1 heterocycles. The van der Waals surface area contributed by atoms with Gasteiger partial charge in [-0.05, 0) is 30.2 Å². The Kier molecular flexibility index (Phi) is 5.07. The maximum atomic E-state index is 5.32. The second-order valence-corrected chi connectivity index (χ2v) is 4.59. The highest BCUT2D eigenvalue weighted by Crippen LogP contribution is 2.19. The molecule has 3 heteroatoms. The molecule has 19 heavy (non-hydrogen) atoms. The first kappa shape index (κ1) is 13.7. The molecule has 0 bridgehead atoms. The van der Waals surface area contributed by atoms with Crippen molar-refractivity contribution in [2.24, 2.45) is 0 Å². The van der Waals surface area contributed by atoms with E-state index in [1.165, 1.54) is 11.1 Å². The average molecular weight is 256 g/mol. The van der Waals surface area contributed by atoms with E-state index in [1.54, 1.807) is 7.11 Å². The standard InChI is InChI=1S/C16H20N2O/c1-13(14-8-10-17-11-9-14)18-16(12-19-2)15-6-4-3-5-7-15/h3-11,13,16,18H,12H2,1-2H3/t13-,16?/m0/s1. The van der Waals surface area contributed by atoms with E-state index >= 15 is 0 Å². The molecule has 0 radical (unpaired) electrons. The fraction of sp³-hybridized carbons (Fsp3) is 0.312. The van der Waals surface area contributed by atoms with Crippen LogP contribution in [0.4, 0.5) is 0 Å². The third-order valence-corrected chi connectivity index (χ3v) is 3.19. The predicted octanol–water partition coefficient (Wildman–Crippen LogP) is 3.12. The predicted molar refractivity (Wildman–Crippen MR) is 76.8 cm³/mol. The molecule has 0 amide bonds. The molecule has 0 spiro atoms. The van der Waals surface area contributed by atoms with Crippen LogP contribution >= 0.6 is 0 Å². The van der Waals surface area contributed by atoms with E-state index < -0.39 is 0 Å². The number of benzene rings is 1. The van der Waals surface area contributed by atoms with Gasteiger partial charge in [0.05, 0.1) is 12.6 Å². The van der Waals surface area contributed by atoms with Gasteiger partial charge >= 0.3 is 0 Å². The minimum absolute atomic E-state index is 0.189. The highest BCUT2D eigenvalue weighted by Gasteiger charge is 2.14. The SMILES string of the molecule is COCC(N[C@@H](C)c1ccncc1)c1ccccc1. The maximum absolute atomic E-state index is 5.32. The summed E-state index contributed by atoms with van der Waals surface area (Å²) >= 11 is 0. The van der Waals surface area contributed by atoms with Crippen LogP contribution in [0.15, 0.2) is 54.9 Å². The highest BCUT2D eigenvalue weighted by atomic mass is 16.5. The van der Waals surface area contributed by atoms with Gasteiger partial charge in [0.25, 0.3) is 0 Å². The molecule has 0 saturated heterocycles. The van der Waals surface area contributed by atoms with Crippen molar-refractivity contribution >= 4 is 0 Å². The van der Waals surface area contributed by atoms with E-state index in [0.29, 0.717) is 6.61 Å². The molecule has 1 aromatic carbocycles. The Morgan fingerprint density at radius 1 is 1.05 bits per heavy atom. The minimum atomic E-state index is 0.189. The number of pyridine rings is 1. The van der Waals surface area contributed by atoms with E-state index in [9.17, 15) is 0 Å². The third-order valence-electron chi connectivity index (χ3n) is 3.19. The first-order chi connectivity index (χ1) is 9.31. The van der Waals surface area contributed by atoms with Gasteiger partial charge in [0.15, 0.2) is 0 Å². The lowest BCUT2D eigenvalue weighted by atomic mass is 10.0. The van der Waals surface area contributed by atoms with Crippen molar-refractivity contribution in [1.82, 2.24) is 10.3 Å². The highest BCUT2D eigenvalue weighted by molar-refractivity contribution is 5.21. The first-order valence-corrected chi connectivity index (χ1v) is 6.51. The van der Waals surface area contributed by atoms with Crippen LogP contribution in [-0.4, -0.2) is 18.7 Å². The van der Waals surface area contributed by atoms with Gasteiger partial charge in [-0.3, -0.25) is 4.98 Å². The van der Waals surface area contributed by atoms with Gasteiger partial charge in [-0.15, -0.1) is 0 Å². The van der Waals surface area contributed by atoms with Crippen LogP contribution in [-0.2, 0) is 4.74 Å². The molecule has 0 fully saturated rings. The minimum Gasteiger partial charge on any atom is -0.383 e. The normalized spacial score (nSPS) is 14.0. The molecule has 2 rings (SSSR count). The van der Waals surface area contributed by atoms with E-state index in [1.807, 2.05) is 30.6 Å². The number of aromatic nitrogens is 1. The first-order valence-electron chi connectivity index (χ1n) is 6.51. The Morgan fingerprint density at radius 2 is 1.74 bits per heavy atom. The Balaban J connectivity index is 2.09. The summed E-state index contributed by atoms with van der Waals surface area (Å²) in [5, 5.41) is 3.60. The number of hydrogen-bond acceptors (Lipinski definition) is 3. The van der Waals surface area contributed by atoms with Gasteiger partial charge in [0, 0.05) is 25.5 Å². The number of rotatable bonds is 6. The molecule has 0 aliphatic rings.